The van der Waals surface area contributed by atoms with Gasteiger partial charge in [-0.25, -0.2) is 13.1 Å². The average Bonchev–Trinajstić information content (AvgIpc) is 2.72. The van der Waals surface area contributed by atoms with E-state index in [9.17, 15) is 13.2 Å². The molecule has 0 bridgehead atoms. The highest BCUT2D eigenvalue weighted by Crippen LogP contribution is 2.34. The molecule has 0 fully saturated rings. The Morgan fingerprint density at radius 3 is 2.71 bits per heavy atom. The molecule has 0 unspecified atom stereocenters. The molecule has 7 heteroatoms. The van der Waals surface area contributed by atoms with E-state index < -0.39 is 10.0 Å². The van der Waals surface area contributed by atoms with E-state index in [0.717, 1.165) is 10.5 Å². The highest BCUT2D eigenvalue weighted by molar-refractivity contribution is 7.99. The predicted molar refractivity (Wildman–Crippen MR) is 95.4 cm³/mol. The number of sulfonamides is 1. The fraction of sp³-hybridized carbons (Fsp3) is 0.235. The Hall–Kier alpha value is -1.83. The maximum absolute atomic E-state index is 12.5. The topological polar surface area (TPSA) is 75.3 Å². The summed E-state index contributed by atoms with van der Waals surface area (Å²) >= 11 is 1.55. The molecule has 1 atom stereocenters. The van der Waals surface area contributed by atoms with Crippen molar-refractivity contribution in [3.63, 3.8) is 0 Å². The van der Waals surface area contributed by atoms with E-state index in [1.165, 1.54) is 6.07 Å². The highest BCUT2D eigenvalue weighted by Gasteiger charge is 2.22. The lowest BCUT2D eigenvalue weighted by molar-refractivity contribution is -0.118. The number of fused-ring (bicyclic) bond motifs is 1. The van der Waals surface area contributed by atoms with Gasteiger partial charge in [0.1, 0.15) is 0 Å². The van der Waals surface area contributed by atoms with Gasteiger partial charge in [-0.05, 0) is 23.8 Å². The standard InChI is InChI=1S/C17H18N2O3S2/c1-12-11-23-16-8-7-14(9-15(16)19-17(12)20)24(21,22)18-10-13-5-3-2-4-6-13/h2-9,12,18H,10-11H2,1H3,(H,19,20)/t12-/m1/s1. The van der Waals surface area contributed by atoms with Crippen LogP contribution in [0.2, 0.25) is 0 Å². The lowest BCUT2D eigenvalue weighted by Crippen LogP contribution is -2.24. The van der Waals surface area contributed by atoms with Crippen molar-refractivity contribution in [1.82, 2.24) is 4.72 Å². The summed E-state index contributed by atoms with van der Waals surface area (Å²) in [7, 11) is -3.65. The van der Waals surface area contributed by atoms with E-state index in [1.807, 2.05) is 37.3 Å². The number of benzene rings is 2. The van der Waals surface area contributed by atoms with E-state index in [2.05, 4.69) is 10.0 Å². The van der Waals surface area contributed by atoms with Crippen molar-refractivity contribution in [3.8, 4) is 0 Å². The Morgan fingerprint density at radius 1 is 1.21 bits per heavy atom. The Labute approximate surface area is 145 Å². The minimum absolute atomic E-state index is 0.0898. The largest absolute Gasteiger partial charge is 0.325 e. The minimum Gasteiger partial charge on any atom is -0.325 e. The zero-order chi connectivity index (χ0) is 17.2. The van der Waals surface area contributed by atoms with Gasteiger partial charge in [-0.1, -0.05) is 37.3 Å². The van der Waals surface area contributed by atoms with Gasteiger partial charge in [0.05, 0.1) is 10.6 Å². The number of hydrogen-bond acceptors (Lipinski definition) is 4. The van der Waals surface area contributed by atoms with Crippen molar-refractivity contribution in [2.24, 2.45) is 5.92 Å². The molecule has 1 aliphatic rings. The van der Waals surface area contributed by atoms with Crippen molar-refractivity contribution in [2.45, 2.75) is 23.3 Å². The first kappa shape index (κ1) is 17.0. The lowest BCUT2D eigenvalue weighted by Gasteiger charge is -2.11. The third-order valence-corrected chi connectivity index (χ3v) is 6.50. The normalized spacial score (nSPS) is 17.7. The second-order valence-electron chi connectivity index (χ2n) is 5.67. The van der Waals surface area contributed by atoms with E-state index in [-0.39, 0.29) is 23.3 Å². The van der Waals surface area contributed by atoms with Gasteiger partial charge < -0.3 is 5.32 Å². The molecule has 5 nitrogen and oxygen atoms in total. The zero-order valence-electron chi connectivity index (χ0n) is 13.2. The fourth-order valence-electron chi connectivity index (χ4n) is 2.30. The van der Waals surface area contributed by atoms with Gasteiger partial charge in [-0.3, -0.25) is 4.79 Å². The van der Waals surface area contributed by atoms with Crippen LogP contribution in [0.3, 0.4) is 0 Å². The molecule has 1 heterocycles. The number of carbonyl (C=O) groups is 1. The van der Waals surface area contributed by atoms with E-state index in [1.54, 1.807) is 23.9 Å². The maximum atomic E-state index is 12.5. The van der Waals surface area contributed by atoms with Crippen LogP contribution in [-0.4, -0.2) is 20.1 Å². The predicted octanol–water partition coefficient (Wildman–Crippen LogP) is 2.85. The number of anilines is 1. The van der Waals surface area contributed by atoms with Crippen LogP contribution in [-0.2, 0) is 21.4 Å². The first-order valence-electron chi connectivity index (χ1n) is 7.57. The van der Waals surface area contributed by atoms with Crippen LogP contribution in [0.1, 0.15) is 12.5 Å². The zero-order valence-corrected chi connectivity index (χ0v) is 14.8. The van der Waals surface area contributed by atoms with Gasteiger partial charge in [0, 0.05) is 23.1 Å². The third-order valence-electron chi connectivity index (χ3n) is 3.76. The number of hydrogen-bond donors (Lipinski definition) is 2. The van der Waals surface area contributed by atoms with Gasteiger partial charge in [0.25, 0.3) is 0 Å². The Kier molecular flexibility index (Phi) is 4.93. The summed E-state index contributed by atoms with van der Waals surface area (Å²) < 4.78 is 27.6. The quantitative estimate of drug-likeness (QED) is 0.877. The Balaban J connectivity index is 1.81. The first-order chi connectivity index (χ1) is 11.5. The molecular formula is C17H18N2O3S2. The molecule has 0 radical (unpaired) electrons. The molecule has 0 aliphatic carbocycles. The molecule has 0 saturated carbocycles. The molecule has 2 aromatic rings. The van der Waals surface area contributed by atoms with Crippen molar-refractivity contribution >= 4 is 33.4 Å². The second-order valence-corrected chi connectivity index (χ2v) is 8.50. The molecule has 126 valence electrons. The fourth-order valence-corrected chi connectivity index (χ4v) is 4.36. The minimum atomic E-state index is -3.65. The number of rotatable bonds is 4. The summed E-state index contributed by atoms with van der Waals surface area (Å²) in [4.78, 5) is 13.0. The number of thioether (sulfide) groups is 1. The summed E-state index contributed by atoms with van der Waals surface area (Å²) in [6, 6.07) is 14.2. The summed E-state index contributed by atoms with van der Waals surface area (Å²) in [5.41, 5.74) is 1.44. The van der Waals surface area contributed by atoms with Crippen LogP contribution < -0.4 is 10.0 Å². The monoisotopic (exact) mass is 362 g/mol. The number of nitrogens with one attached hydrogen (secondary N) is 2. The number of carbonyl (C=O) groups excluding carboxylic acids is 1. The van der Waals surface area contributed by atoms with E-state index in [4.69, 9.17) is 0 Å². The van der Waals surface area contributed by atoms with Crippen molar-refractivity contribution in [3.05, 3.63) is 54.1 Å². The summed E-state index contributed by atoms with van der Waals surface area (Å²) in [5, 5.41) is 2.81. The van der Waals surface area contributed by atoms with Crippen LogP contribution in [0.15, 0.2) is 58.3 Å². The molecule has 24 heavy (non-hydrogen) atoms. The molecule has 3 rings (SSSR count). The number of amides is 1. The molecule has 0 saturated heterocycles. The van der Waals surface area contributed by atoms with Gasteiger partial charge in [0.15, 0.2) is 0 Å². The maximum Gasteiger partial charge on any atom is 0.240 e. The molecule has 2 aromatic carbocycles. The SMILES string of the molecule is C[C@@H]1CSc2ccc(S(=O)(=O)NCc3ccccc3)cc2NC1=O. The summed E-state index contributed by atoms with van der Waals surface area (Å²) in [6.07, 6.45) is 0. The van der Waals surface area contributed by atoms with Gasteiger partial charge in [-0.15, -0.1) is 11.8 Å². The first-order valence-corrected chi connectivity index (χ1v) is 10.0. The van der Waals surface area contributed by atoms with Gasteiger partial charge >= 0.3 is 0 Å². The highest BCUT2D eigenvalue weighted by atomic mass is 32.2. The van der Waals surface area contributed by atoms with Crippen LogP contribution >= 0.6 is 11.8 Å². The Morgan fingerprint density at radius 2 is 1.96 bits per heavy atom. The Bertz CT molecular complexity index is 851. The van der Waals surface area contributed by atoms with Gasteiger partial charge in [0.2, 0.25) is 15.9 Å². The smallest absolute Gasteiger partial charge is 0.240 e. The van der Waals surface area contributed by atoms with Crippen LogP contribution in [0, 0.1) is 5.92 Å². The summed E-state index contributed by atoms with van der Waals surface area (Å²) in [5.74, 6) is 0.476. The molecule has 0 spiro atoms. The molecule has 1 aliphatic heterocycles. The van der Waals surface area contributed by atoms with Gasteiger partial charge in [-0.2, -0.15) is 0 Å². The van der Waals surface area contributed by atoms with Crippen molar-refractivity contribution in [1.29, 1.82) is 0 Å². The summed E-state index contributed by atoms with van der Waals surface area (Å²) in [6.45, 7) is 2.08. The second kappa shape index (κ2) is 6.96. The van der Waals surface area contributed by atoms with E-state index >= 15 is 0 Å². The van der Waals surface area contributed by atoms with Crippen molar-refractivity contribution < 1.29 is 13.2 Å². The van der Waals surface area contributed by atoms with Crippen LogP contribution in [0.4, 0.5) is 5.69 Å². The average molecular weight is 362 g/mol. The third kappa shape index (κ3) is 3.80. The lowest BCUT2D eigenvalue weighted by atomic mass is 10.2. The van der Waals surface area contributed by atoms with E-state index in [0.29, 0.717) is 11.4 Å². The molecular weight excluding hydrogens is 344 g/mol. The molecule has 2 N–H and O–H groups in total. The molecule has 0 aromatic heterocycles. The van der Waals surface area contributed by atoms with Crippen LogP contribution in [0.5, 0.6) is 0 Å². The molecule has 1 amide bonds. The van der Waals surface area contributed by atoms with Crippen molar-refractivity contribution in [2.75, 3.05) is 11.1 Å². The van der Waals surface area contributed by atoms with Crippen LogP contribution in [0.25, 0.3) is 0 Å².